The van der Waals surface area contributed by atoms with Crippen molar-refractivity contribution in [2.24, 2.45) is 0 Å². The predicted molar refractivity (Wildman–Crippen MR) is 456 cm³/mol. The lowest BCUT2D eigenvalue weighted by Gasteiger charge is -2.43. The van der Waals surface area contributed by atoms with Gasteiger partial charge in [-0.15, -0.1) is 0 Å². The molecule has 4 heterocycles. The van der Waals surface area contributed by atoms with Crippen LogP contribution in [-0.2, 0) is 42.3 Å². The molecule has 0 saturated carbocycles. The van der Waals surface area contributed by atoms with Crippen LogP contribution >= 0.6 is 0 Å². The van der Waals surface area contributed by atoms with Crippen molar-refractivity contribution in [3.63, 3.8) is 0 Å². The highest BCUT2D eigenvalue weighted by atomic mass is 19.1. The van der Waals surface area contributed by atoms with Crippen LogP contribution in [0.25, 0.3) is 0 Å². The van der Waals surface area contributed by atoms with E-state index in [-0.39, 0.29) is 33.3 Å². The van der Waals surface area contributed by atoms with E-state index in [1.807, 2.05) is 72.8 Å². The van der Waals surface area contributed by atoms with Crippen molar-refractivity contribution in [2.45, 2.75) is 269 Å². The summed E-state index contributed by atoms with van der Waals surface area (Å²) in [5, 5.41) is 43.9. The third-order valence-corrected chi connectivity index (χ3v) is 24.1. The van der Waals surface area contributed by atoms with Crippen LogP contribution in [-0.4, -0.2) is 155 Å². The summed E-state index contributed by atoms with van der Waals surface area (Å²) < 4.78 is 37.0. The summed E-state index contributed by atoms with van der Waals surface area (Å²) in [6.45, 7) is 44.0. The number of nitrogens with zero attached hydrogens (tertiary/aromatic N) is 4. The van der Waals surface area contributed by atoms with Gasteiger partial charge in [0, 0.05) is 104 Å². The van der Waals surface area contributed by atoms with Gasteiger partial charge in [-0.05, 0) is 225 Å². The van der Waals surface area contributed by atoms with Crippen molar-refractivity contribution >= 4 is 0 Å². The molecule has 10 nitrogen and oxygen atoms in total. The smallest absolute Gasteiger partial charge is 0.123 e. The average molecular weight is 1510 g/mol. The van der Waals surface area contributed by atoms with Gasteiger partial charge in [0.25, 0.3) is 0 Å². The van der Waals surface area contributed by atoms with Crippen LogP contribution < -0.4 is 0 Å². The van der Waals surface area contributed by atoms with Gasteiger partial charge in [0.05, 0.1) is 22.4 Å². The summed E-state index contributed by atoms with van der Waals surface area (Å²) in [6, 6.07) is 57.0. The van der Waals surface area contributed by atoms with Crippen molar-refractivity contribution in [2.75, 3.05) is 79.8 Å². The Morgan fingerprint density at radius 1 is 0.336 bits per heavy atom. The van der Waals surface area contributed by atoms with Crippen LogP contribution in [0.4, 0.5) is 8.78 Å². The van der Waals surface area contributed by atoms with Gasteiger partial charge in [-0.2, -0.15) is 0 Å². The standard InChI is InChI=1S/C26H34FNO.C26H35NO.C23H36FNO2.C23H37NO2/c1-20(2)18-24(19-25(3,4)21-10-12-23(27)13-11-21)28-16-14-26(29,15-17-28)22-8-6-5-7-9-22;1-21(2)19-24(20-25(3,4)22-11-7-5-8-12-22)27-17-15-26(28,16-18-27)23-13-9-6-10-14-23;1-18(2)16-21(17-22(3,4)19-6-8-20(24)9-7-19)25-13-10-23(26,11-14-25)12-15-27-5;1-19(2)17-21(18-22(3,4)20-9-7-6-8-10-20)24-14-11-23(25,12-15-24)13-16-26-5/h5-13,18,24,29H,14-17,19H2,1-4H3;5-14,19,24,28H,15-18,20H2,1-4H3;6-9,16,21,26H,10-15,17H2,1-5H3;6-10,17,21,25H,11-16,18H2,1-5H3. The SMILES string of the molecule is CC(C)=CC(CC(C)(C)c1ccc(F)cc1)N1CCC(O)(c2ccccc2)CC1.CC(C)=CC(CC(C)(C)c1ccccc1)N1CCC(O)(c2ccccc2)CC1.COCCC1(O)CCN(C(C=C(C)C)CC(C)(C)c2ccc(F)cc2)CC1.COCCC1(O)CCN(C(C=C(C)C)CC(C)(C)c2ccccc2)CC1. The molecule has 4 fully saturated rings. The molecule has 0 aromatic heterocycles. The normalized spacial score (nSPS) is 18.7. The van der Waals surface area contributed by atoms with Gasteiger partial charge in [-0.3, -0.25) is 19.6 Å². The zero-order valence-electron chi connectivity index (χ0n) is 70.9. The molecule has 6 aromatic carbocycles. The van der Waals surface area contributed by atoms with Gasteiger partial charge in [-0.25, -0.2) is 8.78 Å². The minimum Gasteiger partial charge on any atom is -0.390 e. The molecular weight excluding hydrogens is 1370 g/mol. The number of hydrogen-bond acceptors (Lipinski definition) is 10. The Balaban J connectivity index is 0.000000204. The maximum Gasteiger partial charge on any atom is 0.123 e. The molecule has 0 spiro atoms. The van der Waals surface area contributed by atoms with Gasteiger partial charge in [0.1, 0.15) is 11.6 Å². The largest absolute Gasteiger partial charge is 0.390 e. The molecule has 4 aliphatic heterocycles. The van der Waals surface area contributed by atoms with Crippen molar-refractivity contribution in [3.8, 4) is 0 Å². The first kappa shape index (κ1) is 90.9. The van der Waals surface area contributed by atoms with Crippen molar-refractivity contribution in [3.05, 3.63) is 261 Å². The third-order valence-electron chi connectivity index (χ3n) is 24.1. The summed E-state index contributed by atoms with van der Waals surface area (Å²) >= 11 is 0. The second-order valence-electron chi connectivity index (χ2n) is 36.2. The lowest BCUT2D eigenvalue weighted by atomic mass is 9.77. The number of hydrogen-bond donors (Lipinski definition) is 4. The molecule has 6 aromatic rings. The van der Waals surface area contributed by atoms with Crippen LogP contribution in [0.1, 0.15) is 234 Å². The molecule has 0 amide bonds. The first-order chi connectivity index (χ1) is 51.9. The Morgan fingerprint density at radius 2 is 0.545 bits per heavy atom. The number of rotatable bonds is 28. The zero-order chi connectivity index (χ0) is 80.6. The summed E-state index contributed by atoms with van der Waals surface area (Å²) in [5.74, 6) is -0.386. The van der Waals surface area contributed by atoms with Crippen molar-refractivity contribution in [1.82, 2.24) is 19.6 Å². The number of halogens is 2. The van der Waals surface area contributed by atoms with E-state index in [0.29, 0.717) is 43.8 Å². The predicted octanol–water partition coefficient (Wildman–Crippen LogP) is 20.7. The molecule has 0 bridgehead atoms. The number of aliphatic hydroxyl groups is 4. The number of ether oxygens (including phenoxy) is 2. The summed E-state index contributed by atoms with van der Waals surface area (Å²) in [6.07, 6.45) is 21.3. The van der Waals surface area contributed by atoms with Gasteiger partial charge in [0.2, 0.25) is 0 Å². The Hall–Kier alpha value is -6.26. The molecule has 4 saturated heterocycles. The van der Waals surface area contributed by atoms with Crippen molar-refractivity contribution < 1.29 is 38.7 Å². The summed E-state index contributed by atoms with van der Waals surface area (Å²) in [7, 11) is 3.38. The summed E-state index contributed by atoms with van der Waals surface area (Å²) in [4.78, 5) is 10.1. The van der Waals surface area contributed by atoms with Crippen LogP contribution in [0.5, 0.6) is 0 Å². The Labute approximate surface area is 664 Å². The molecule has 10 rings (SSSR count). The Kier molecular flexibility index (Phi) is 34.5. The third kappa shape index (κ3) is 28.1. The number of methoxy groups -OCH3 is 2. The molecule has 12 heteroatoms. The van der Waals surface area contributed by atoms with Gasteiger partial charge < -0.3 is 29.9 Å². The fraction of sp³-hybridized carbons (Fsp3) is 0.551. The molecule has 0 aliphatic carbocycles. The number of piperidine rings is 4. The highest BCUT2D eigenvalue weighted by Gasteiger charge is 2.41. The average Bonchev–Trinajstić information content (AvgIpc) is 0.797. The Morgan fingerprint density at radius 3 is 0.764 bits per heavy atom. The molecule has 604 valence electrons. The minimum absolute atomic E-state index is 0.0614. The van der Waals surface area contributed by atoms with E-state index < -0.39 is 22.4 Å². The first-order valence-corrected chi connectivity index (χ1v) is 41.1. The zero-order valence-corrected chi connectivity index (χ0v) is 70.9. The molecular formula is C98H142F2N4O6. The highest BCUT2D eigenvalue weighted by molar-refractivity contribution is 5.31. The molecule has 110 heavy (non-hydrogen) atoms. The van der Waals surface area contributed by atoms with E-state index in [4.69, 9.17) is 9.47 Å². The van der Waals surface area contributed by atoms with Gasteiger partial charge >= 0.3 is 0 Å². The maximum absolute atomic E-state index is 13.4. The first-order valence-electron chi connectivity index (χ1n) is 41.1. The molecule has 4 aliphatic rings. The number of benzene rings is 6. The fourth-order valence-electron chi connectivity index (χ4n) is 17.0. The van der Waals surface area contributed by atoms with Crippen LogP contribution in [0.3, 0.4) is 0 Å². The topological polar surface area (TPSA) is 112 Å². The van der Waals surface area contributed by atoms with Crippen LogP contribution in [0, 0.1) is 11.6 Å². The van der Waals surface area contributed by atoms with Gasteiger partial charge in [0.15, 0.2) is 0 Å². The Bertz CT molecular complexity index is 3750. The maximum atomic E-state index is 13.4. The lowest BCUT2D eigenvalue weighted by Crippen LogP contribution is -2.49. The van der Waals surface area contributed by atoms with Crippen molar-refractivity contribution in [1.29, 1.82) is 0 Å². The minimum atomic E-state index is -0.736. The molecule has 4 atom stereocenters. The quantitative estimate of drug-likeness (QED) is 0.0354. The highest BCUT2D eigenvalue weighted by Crippen LogP contribution is 2.41. The summed E-state index contributed by atoms with van der Waals surface area (Å²) in [5.41, 5.74) is 9.98. The monoisotopic (exact) mass is 1510 g/mol. The van der Waals surface area contributed by atoms with Crippen LogP contribution in [0.15, 0.2) is 216 Å². The van der Waals surface area contributed by atoms with E-state index in [9.17, 15) is 29.2 Å². The van der Waals surface area contributed by atoms with E-state index in [0.717, 1.165) is 158 Å². The van der Waals surface area contributed by atoms with E-state index in [1.165, 1.54) is 33.4 Å². The van der Waals surface area contributed by atoms with Gasteiger partial charge in [-0.1, -0.05) is 248 Å². The van der Waals surface area contributed by atoms with E-state index >= 15 is 0 Å². The second kappa shape index (κ2) is 41.7. The molecule has 4 unspecified atom stereocenters. The number of likely N-dealkylation sites (tertiary alicyclic amines) is 4. The fourth-order valence-corrected chi connectivity index (χ4v) is 17.0. The molecule has 0 radical (unpaired) electrons. The lowest BCUT2D eigenvalue weighted by molar-refractivity contribution is -0.0477. The van der Waals surface area contributed by atoms with E-state index in [1.54, 1.807) is 38.5 Å². The molecule has 4 N–H and O–H groups in total. The van der Waals surface area contributed by atoms with E-state index in [2.05, 4.69) is 227 Å². The second-order valence-corrected chi connectivity index (χ2v) is 36.2. The van der Waals surface area contributed by atoms with Crippen LogP contribution in [0.2, 0.25) is 0 Å². The number of allylic oxidation sites excluding steroid dienone is 4.